The van der Waals surface area contributed by atoms with Crippen molar-refractivity contribution in [2.24, 2.45) is 0 Å². The zero-order valence-electron chi connectivity index (χ0n) is 17.7. The van der Waals surface area contributed by atoms with Crippen LogP contribution in [0.5, 0.6) is 5.88 Å². The van der Waals surface area contributed by atoms with E-state index in [-0.39, 0.29) is 35.2 Å². The summed E-state index contributed by atoms with van der Waals surface area (Å²) in [6, 6.07) is 5.58. The summed E-state index contributed by atoms with van der Waals surface area (Å²) in [4.78, 5) is 23.4. The normalized spacial score (nSPS) is 13.9. The molecule has 0 unspecified atom stereocenters. The number of rotatable bonds is 3. The lowest BCUT2D eigenvalue weighted by molar-refractivity contribution is -0.141. The number of alkyl halides is 3. The predicted molar refractivity (Wildman–Crippen MR) is 110 cm³/mol. The number of carbonyl (C=O) groups is 1. The Morgan fingerprint density at radius 3 is 2.36 bits per heavy atom. The van der Waals surface area contributed by atoms with Crippen molar-refractivity contribution in [3.8, 4) is 5.88 Å². The molecule has 0 fully saturated rings. The summed E-state index contributed by atoms with van der Waals surface area (Å²) in [5.74, 6) is -2.41. The second kappa shape index (κ2) is 7.98. The van der Waals surface area contributed by atoms with E-state index >= 15 is 0 Å². The van der Waals surface area contributed by atoms with E-state index in [0.29, 0.717) is 17.3 Å². The van der Waals surface area contributed by atoms with Gasteiger partial charge in [0.15, 0.2) is 5.82 Å². The van der Waals surface area contributed by atoms with Crippen molar-refractivity contribution in [3.05, 3.63) is 70.7 Å². The first kappa shape index (κ1) is 22.4. The number of hydrogen-bond acceptors (Lipinski definition) is 5. The van der Waals surface area contributed by atoms with Crippen LogP contribution in [-0.2, 0) is 6.18 Å². The van der Waals surface area contributed by atoms with E-state index in [1.54, 1.807) is 6.92 Å². The van der Waals surface area contributed by atoms with Crippen LogP contribution in [0.3, 0.4) is 0 Å². The fourth-order valence-electron chi connectivity index (χ4n) is 3.70. The summed E-state index contributed by atoms with van der Waals surface area (Å²) < 4.78 is 72.9. The highest BCUT2D eigenvalue weighted by molar-refractivity contribution is 6.12. The highest BCUT2D eigenvalue weighted by atomic mass is 19.4. The smallest absolute Gasteiger partial charge is 0.433 e. The Balaban J connectivity index is 1.92. The van der Waals surface area contributed by atoms with Gasteiger partial charge in [-0.3, -0.25) is 9.69 Å². The van der Waals surface area contributed by atoms with Crippen molar-refractivity contribution < 1.29 is 31.5 Å². The SMILES string of the molecule is COc1nc(C)c(N2CN(c3ccc(F)cc3C)c3cnc(C(F)(F)F)cc3C2=O)cc1F. The summed E-state index contributed by atoms with van der Waals surface area (Å²) in [5, 5.41) is 0. The van der Waals surface area contributed by atoms with Crippen LogP contribution < -0.4 is 14.5 Å². The molecule has 33 heavy (non-hydrogen) atoms. The van der Waals surface area contributed by atoms with Crippen LogP contribution in [0, 0.1) is 25.5 Å². The second-order valence-electron chi connectivity index (χ2n) is 7.40. The number of carbonyl (C=O) groups excluding carboxylic acids is 1. The van der Waals surface area contributed by atoms with Crippen LogP contribution in [0.15, 0.2) is 36.5 Å². The van der Waals surface area contributed by atoms with Gasteiger partial charge in [0.2, 0.25) is 5.88 Å². The van der Waals surface area contributed by atoms with Gasteiger partial charge in [-0.25, -0.2) is 18.7 Å². The number of amides is 1. The van der Waals surface area contributed by atoms with E-state index < -0.39 is 29.4 Å². The molecule has 3 aromatic rings. The number of fused-ring (bicyclic) bond motifs is 1. The maximum absolute atomic E-state index is 14.4. The summed E-state index contributed by atoms with van der Waals surface area (Å²) in [5.41, 5.74) is -0.225. The van der Waals surface area contributed by atoms with Crippen molar-refractivity contribution in [3.63, 3.8) is 0 Å². The number of aromatic nitrogens is 2. The maximum atomic E-state index is 14.4. The molecule has 0 N–H and O–H groups in total. The molecule has 0 spiro atoms. The molecule has 0 aliphatic carbocycles. The van der Waals surface area contributed by atoms with Crippen molar-refractivity contribution in [2.75, 3.05) is 23.6 Å². The van der Waals surface area contributed by atoms with Gasteiger partial charge >= 0.3 is 6.18 Å². The quantitative estimate of drug-likeness (QED) is 0.502. The number of ether oxygens (including phenoxy) is 1. The van der Waals surface area contributed by atoms with Crippen LogP contribution in [0.25, 0.3) is 0 Å². The molecular formula is C22H17F5N4O2. The highest BCUT2D eigenvalue weighted by Crippen LogP contribution is 2.40. The number of halogens is 5. The molecule has 0 atom stereocenters. The van der Waals surface area contributed by atoms with E-state index in [1.807, 2.05) is 0 Å². The van der Waals surface area contributed by atoms with Crippen molar-refractivity contribution in [1.82, 2.24) is 9.97 Å². The van der Waals surface area contributed by atoms with E-state index in [0.717, 1.165) is 17.2 Å². The number of hydrogen-bond donors (Lipinski definition) is 0. The Morgan fingerprint density at radius 2 is 1.73 bits per heavy atom. The molecule has 1 aliphatic heterocycles. The average Bonchev–Trinajstić information content (AvgIpc) is 2.75. The van der Waals surface area contributed by atoms with Crippen LogP contribution in [-0.4, -0.2) is 29.7 Å². The van der Waals surface area contributed by atoms with E-state index in [9.17, 15) is 26.7 Å². The molecule has 0 saturated heterocycles. The number of pyridine rings is 2. The van der Waals surface area contributed by atoms with Crippen molar-refractivity contribution >= 4 is 23.0 Å². The first-order valence-corrected chi connectivity index (χ1v) is 9.65. The van der Waals surface area contributed by atoms with Gasteiger partial charge in [0, 0.05) is 11.8 Å². The Labute approximate surface area is 185 Å². The number of benzene rings is 1. The first-order chi connectivity index (χ1) is 15.5. The lowest BCUT2D eigenvalue weighted by Crippen LogP contribution is -2.46. The minimum atomic E-state index is -4.78. The number of methoxy groups -OCH3 is 1. The molecule has 11 heteroatoms. The van der Waals surface area contributed by atoms with E-state index in [2.05, 4.69) is 9.97 Å². The third kappa shape index (κ3) is 3.94. The van der Waals surface area contributed by atoms with Gasteiger partial charge in [-0.05, 0) is 43.7 Å². The topological polar surface area (TPSA) is 58.6 Å². The van der Waals surface area contributed by atoms with Gasteiger partial charge in [-0.1, -0.05) is 0 Å². The van der Waals surface area contributed by atoms with Gasteiger partial charge in [-0.2, -0.15) is 13.2 Å². The van der Waals surface area contributed by atoms with Crippen molar-refractivity contribution in [2.45, 2.75) is 20.0 Å². The van der Waals surface area contributed by atoms with E-state index in [1.165, 1.54) is 37.1 Å². The first-order valence-electron chi connectivity index (χ1n) is 9.65. The molecule has 0 radical (unpaired) electrons. The molecule has 1 aliphatic rings. The Morgan fingerprint density at radius 1 is 1.00 bits per heavy atom. The third-order valence-electron chi connectivity index (χ3n) is 5.26. The number of aryl methyl sites for hydroxylation is 2. The molecule has 172 valence electrons. The van der Waals surface area contributed by atoms with Crippen LogP contribution in [0.1, 0.15) is 27.3 Å². The van der Waals surface area contributed by atoms with Crippen molar-refractivity contribution in [1.29, 1.82) is 0 Å². The summed E-state index contributed by atoms with van der Waals surface area (Å²) in [7, 11) is 1.23. The zero-order chi connectivity index (χ0) is 24.1. The summed E-state index contributed by atoms with van der Waals surface area (Å²) >= 11 is 0. The van der Waals surface area contributed by atoms with Crippen LogP contribution >= 0.6 is 0 Å². The molecule has 3 heterocycles. The Bertz CT molecular complexity index is 1260. The second-order valence-corrected chi connectivity index (χ2v) is 7.40. The average molecular weight is 464 g/mol. The number of nitrogens with zero attached hydrogens (tertiary/aromatic N) is 4. The summed E-state index contributed by atoms with van der Waals surface area (Å²) in [6.07, 6.45) is -3.83. The lowest BCUT2D eigenvalue weighted by Gasteiger charge is -2.39. The summed E-state index contributed by atoms with van der Waals surface area (Å²) in [6.45, 7) is 2.94. The molecule has 6 nitrogen and oxygen atoms in total. The minimum Gasteiger partial charge on any atom is -0.479 e. The predicted octanol–water partition coefficient (Wildman–Crippen LogP) is 5.16. The molecule has 4 rings (SSSR count). The maximum Gasteiger partial charge on any atom is 0.433 e. The van der Waals surface area contributed by atoms with Gasteiger partial charge < -0.3 is 9.64 Å². The molecule has 1 amide bonds. The lowest BCUT2D eigenvalue weighted by atomic mass is 10.1. The number of anilines is 3. The van der Waals surface area contributed by atoms with Gasteiger partial charge in [0.05, 0.1) is 35.9 Å². The Hall–Kier alpha value is -3.76. The van der Waals surface area contributed by atoms with Gasteiger partial charge in [0.1, 0.15) is 18.2 Å². The fourth-order valence-corrected chi connectivity index (χ4v) is 3.70. The highest BCUT2D eigenvalue weighted by Gasteiger charge is 2.38. The molecule has 2 aromatic heterocycles. The minimum absolute atomic E-state index is 0.0547. The van der Waals surface area contributed by atoms with Crippen LogP contribution in [0.2, 0.25) is 0 Å². The monoisotopic (exact) mass is 464 g/mol. The Kier molecular flexibility index (Phi) is 5.43. The van der Waals surface area contributed by atoms with Gasteiger partial charge in [-0.15, -0.1) is 0 Å². The fraction of sp³-hybridized carbons (Fsp3) is 0.227. The zero-order valence-corrected chi connectivity index (χ0v) is 17.7. The molecule has 0 saturated carbocycles. The molecule has 1 aromatic carbocycles. The van der Waals surface area contributed by atoms with E-state index in [4.69, 9.17) is 4.74 Å². The largest absolute Gasteiger partial charge is 0.479 e. The third-order valence-corrected chi connectivity index (χ3v) is 5.26. The molecule has 0 bridgehead atoms. The van der Waals surface area contributed by atoms with Gasteiger partial charge in [0.25, 0.3) is 5.91 Å². The standard InChI is InChI=1S/C22H17F5N4O2/c1-11-6-13(23)4-5-16(11)30-10-31(17-8-15(24)20(33-3)29-12(17)2)21(32)14-7-19(22(25,26)27)28-9-18(14)30/h4-9H,10H2,1-3H3. The molecular weight excluding hydrogens is 447 g/mol. The van der Waals surface area contributed by atoms with Crippen LogP contribution in [0.4, 0.5) is 39.0 Å².